The molecule has 0 saturated heterocycles. The highest BCUT2D eigenvalue weighted by molar-refractivity contribution is 5.94. The SMILES string of the molecule is O=C(NCCc1cc[nH]c1)c1ccc(F)c(F)c1. The van der Waals surface area contributed by atoms with E-state index in [9.17, 15) is 13.6 Å². The Kier molecular flexibility index (Phi) is 3.72. The molecule has 94 valence electrons. The third-order valence-electron chi connectivity index (χ3n) is 2.54. The van der Waals surface area contributed by atoms with Crippen molar-refractivity contribution in [2.45, 2.75) is 6.42 Å². The van der Waals surface area contributed by atoms with Crippen molar-refractivity contribution in [1.29, 1.82) is 0 Å². The zero-order chi connectivity index (χ0) is 13.0. The minimum atomic E-state index is -1.02. The van der Waals surface area contributed by atoms with Crippen LogP contribution in [0.3, 0.4) is 0 Å². The molecule has 0 aliphatic rings. The van der Waals surface area contributed by atoms with Crippen molar-refractivity contribution in [2.24, 2.45) is 0 Å². The first-order chi connectivity index (χ1) is 8.66. The van der Waals surface area contributed by atoms with Gasteiger partial charge in [0.1, 0.15) is 0 Å². The fraction of sp³-hybridized carbons (Fsp3) is 0.154. The maximum Gasteiger partial charge on any atom is 0.251 e. The third kappa shape index (κ3) is 2.94. The van der Waals surface area contributed by atoms with Gasteiger partial charge in [0.25, 0.3) is 5.91 Å². The highest BCUT2D eigenvalue weighted by Gasteiger charge is 2.08. The molecule has 0 radical (unpaired) electrons. The van der Waals surface area contributed by atoms with Gasteiger partial charge in [0.2, 0.25) is 0 Å². The lowest BCUT2D eigenvalue weighted by atomic mass is 10.2. The number of hydrogen-bond donors (Lipinski definition) is 2. The smallest absolute Gasteiger partial charge is 0.251 e. The van der Waals surface area contributed by atoms with E-state index in [4.69, 9.17) is 0 Å². The molecule has 2 rings (SSSR count). The third-order valence-corrected chi connectivity index (χ3v) is 2.54. The Labute approximate surface area is 103 Å². The molecule has 1 amide bonds. The van der Waals surface area contributed by atoms with Crippen LogP contribution in [0.5, 0.6) is 0 Å². The molecule has 0 saturated carbocycles. The topological polar surface area (TPSA) is 44.9 Å². The van der Waals surface area contributed by atoms with E-state index in [0.717, 1.165) is 17.7 Å². The van der Waals surface area contributed by atoms with Crippen LogP contribution in [0, 0.1) is 11.6 Å². The number of amides is 1. The summed E-state index contributed by atoms with van der Waals surface area (Å²) in [7, 11) is 0. The van der Waals surface area contributed by atoms with E-state index in [2.05, 4.69) is 10.3 Å². The number of carbonyl (C=O) groups is 1. The summed E-state index contributed by atoms with van der Waals surface area (Å²) in [6, 6.07) is 4.99. The van der Waals surface area contributed by atoms with Crippen LogP contribution in [-0.2, 0) is 6.42 Å². The van der Waals surface area contributed by atoms with Gasteiger partial charge in [0.15, 0.2) is 11.6 Å². The summed E-state index contributed by atoms with van der Waals surface area (Å²) in [6.45, 7) is 0.440. The lowest BCUT2D eigenvalue weighted by Crippen LogP contribution is -2.25. The second kappa shape index (κ2) is 5.44. The minimum absolute atomic E-state index is 0.114. The van der Waals surface area contributed by atoms with Gasteiger partial charge in [-0.3, -0.25) is 4.79 Å². The van der Waals surface area contributed by atoms with Crippen LogP contribution >= 0.6 is 0 Å². The number of rotatable bonds is 4. The number of nitrogens with one attached hydrogen (secondary N) is 2. The van der Waals surface area contributed by atoms with Crippen molar-refractivity contribution in [3.8, 4) is 0 Å². The Bertz CT molecular complexity index is 538. The molecule has 2 N–H and O–H groups in total. The molecule has 0 aliphatic heterocycles. The molecular formula is C13H12F2N2O. The molecule has 1 heterocycles. The number of benzene rings is 1. The van der Waals surface area contributed by atoms with Crippen molar-refractivity contribution in [2.75, 3.05) is 6.54 Å². The van der Waals surface area contributed by atoms with E-state index in [1.165, 1.54) is 6.07 Å². The summed E-state index contributed by atoms with van der Waals surface area (Å²) in [4.78, 5) is 14.5. The number of carbonyl (C=O) groups excluding carboxylic acids is 1. The number of aromatic nitrogens is 1. The first-order valence-electron chi connectivity index (χ1n) is 5.52. The van der Waals surface area contributed by atoms with Crippen LogP contribution in [0.2, 0.25) is 0 Å². The summed E-state index contributed by atoms with van der Waals surface area (Å²) in [5.41, 5.74) is 1.18. The van der Waals surface area contributed by atoms with Gasteiger partial charge in [0.05, 0.1) is 0 Å². The summed E-state index contributed by atoms with van der Waals surface area (Å²) in [6.07, 6.45) is 4.31. The van der Waals surface area contributed by atoms with Crippen LogP contribution in [0.4, 0.5) is 8.78 Å². The van der Waals surface area contributed by atoms with Crippen LogP contribution in [0.1, 0.15) is 15.9 Å². The number of hydrogen-bond acceptors (Lipinski definition) is 1. The molecule has 1 aromatic heterocycles. The lowest BCUT2D eigenvalue weighted by Gasteiger charge is -2.04. The van der Waals surface area contributed by atoms with Crippen LogP contribution in [-0.4, -0.2) is 17.4 Å². The second-order valence-electron chi connectivity index (χ2n) is 3.85. The van der Waals surface area contributed by atoms with Gasteiger partial charge in [-0.1, -0.05) is 0 Å². The van der Waals surface area contributed by atoms with Crippen molar-refractivity contribution < 1.29 is 13.6 Å². The Morgan fingerprint density at radius 3 is 2.72 bits per heavy atom. The summed E-state index contributed by atoms with van der Waals surface area (Å²) >= 11 is 0. The molecule has 0 fully saturated rings. The summed E-state index contributed by atoms with van der Waals surface area (Å²) < 4.78 is 25.6. The Hall–Kier alpha value is -2.17. The van der Waals surface area contributed by atoms with E-state index < -0.39 is 17.5 Å². The fourth-order valence-electron chi connectivity index (χ4n) is 1.57. The number of H-pyrrole nitrogens is 1. The van der Waals surface area contributed by atoms with Crippen LogP contribution < -0.4 is 5.32 Å². The molecule has 0 atom stereocenters. The zero-order valence-corrected chi connectivity index (χ0v) is 9.54. The van der Waals surface area contributed by atoms with E-state index >= 15 is 0 Å². The quantitative estimate of drug-likeness (QED) is 0.859. The van der Waals surface area contributed by atoms with E-state index in [-0.39, 0.29) is 5.56 Å². The fourth-order valence-corrected chi connectivity index (χ4v) is 1.57. The monoisotopic (exact) mass is 250 g/mol. The molecule has 3 nitrogen and oxygen atoms in total. The average molecular weight is 250 g/mol. The Morgan fingerprint density at radius 2 is 2.06 bits per heavy atom. The molecule has 1 aromatic carbocycles. The maximum absolute atomic E-state index is 12.9. The van der Waals surface area contributed by atoms with Gasteiger partial charge < -0.3 is 10.3 Å². The van der Waals surface area contributed by atoms with Crippen molar-refractivity contribution in [1.82, 2.24) is 10.3 Å². The normalized spacial score (nSPS) is 10.3. The number of halogens is 2. The standard InChI is InChI=1S/C13H12F2N2O/c14-11-2-1-10(7-12(11)15)13(18)17-6-4-9-3-5-16-8-9/h1-3,5,7-8,16H,4,6H2,(H,17,18). The lowest BCUT2D eigenvalue weighted by molar-refractivity contribution is 0.0953. The second-order valence-corrected chi connectivity index (χ2v) is 3.85. The summed E-state index contributed by atoms with van der Waals surface area (Å²) in [5, 5.41) is 2.64. The van der Waals surface area contributed by atoms with E-state index in [0.29, 0.717) is 13.0 Å². The predicted molar refractivity (Wildman–Crippen MR) is 63.2 cm³/mol. The predicted octanol–water partition coefficient (Wildman–Crippen LogP) is 2.27. The maximum atomic E-state index is 12.9. The highest BCUT2D eigenvalue weighted by Crippen LogP contribution is 2.08. The van der Waals surface area contributed by atoms with Gasteiger partial charge in [-0.05, 0) is 36.2 Å². The Balaban J connectivity index is 1.89. The zero-order valence-electron chi connectivity index (χ0n) is 9.54. The van der Waals surface area contributed by atoms with Gasteiger partial charge >= 0.3 is 0 Å². The molecule has 2 aromatic rings. The molecular weight excluding hydrogens is 238 g/mol. The summed E-state index contributed by atoms with van der Waals surface area (Å²) in [5.74, 6) is -2.39. The van der Waals surface area contributed by atoms with Gasteiger partial charge in [-0.25, -0.2) is 8.78 Å². The van der Waals surface area contributed by atoms with Gasteiger partial charge in [-0.15, -0.1) is 0 Å². The number of aromatic amines is 1. The minimum Gasteiger partial charge on any atom is -0.367 e. The largest absolute Gasteiger partial charge is 0.367 e. The van der Waals surface area contributed by atoms with E-state index in [1.807, 2.05) is 12.3 Å². The molecule has 5 heteroatoms. The van der Waals surface area contributed by atoms with Gasteiger partial charge in [0, 0.05) is 24.5 Å². The molecule has 0 aliphatic carbocycles. The average Bonchev–Trinajstić information content (AvgIpc) is 2.85. The molecule has 0 bridgehead atoms. The first-order valence-corrected chi connectivity index (χ1v) is 5.52. The Morgan fingerprint density at radius 1 is 1.22 bits per heavy atom. The first kappa shape index (κ1) is 12.3. The molecule has 0 spiro atoms. The highest BCUT2D eigenvalue weighted by atomic mass is 19.2. The van der Waals surface area contributed by atoms with Crippen molar-refractivity contribution in [3.05, 3.63) is 59.4 Å². The van der Waals surface area contributed by atoms with Crippen molar-refractivity contribution in [3.63, 3.8) is 0 Å². The van der Waals surface area contributed by atoms with Gasteiger partial charge in [-0.2, -0.15) is 0 Å². The van der Waals surface area contributed by atoms with Crippen LogP contribution in [0.15, 0.2) is 36.7 Å². The van der Waals surface area contributed by atoms with Crippen LogP contribution in [0.25, 0.3) is 0 Å². The van der Waals surface area contributed by atoms with Crippen molar-refractivity contribution >= 4 is 5.91 Å². The molecule has 0 unspecified atom stereocenters. The molecule has 18 heavy (non-hydrogen) atoms. The van der Waals surface area contributed by atoms with E-state index in [1.54, 1.807) is 6.20 Å².